The number of hydrogen-bond donors (Lipinski definition) is 1. The Labute approximate surface area is 117 Å². The van der Waals surface area contributed by atoms with Crippen molar-refractivity contribution >= 4 is 0 Å². The highest BCUT2D eigenvalue weighted by molar-refractivity contribution is 5.21. The molecule has 2 rings (SSSR count). The van der Waals surface area contributed by atoms with Crippen LogP contribution in [0.25, 0.3) is 0 Å². The van der Waals surface area contributed by atoms with Crippen molar-refractivity contribution in [3.05, 3.63) is 35.9 Å². The molecule has 0 amide bonds. The second-order valence-electron chi connectivity index (χ2n) is 5.45. The number of rotatable bonds is 4. The fourth-order valence-electron chi connectivity index (χ4n) is 2.98. The van der Waals surface area contributed by atoms with Gasteiger partial charge in [0.15, 0.2) is 0 Å². The maximum absolute atomic E-state index is 13.2. The second-order valence-corrected chi connectivity index (χ2v) is 5.45. The van der Waals surface area contributed by atoms with Gasteiger partial charge in [-0.1, -0.05) is 37.3 Å². The molecule has 1 aliphatic heterocycles. The van der Waals surface area contributed by atoms with Gasteiger partial charge >= 0.3 is 6.18 Å². The molecule has 0 bridgehead atoms. The smallest absolute Gasteiger partial charge is 0.326 e. The van der Waals surface area contributed by atoms with E-state index >= 15 is 0 Å². The topological polar surface area (TPSA) is 29.3 Å². The molecule has 0 aromatic heterocycles. The first-order valence-electron chi connectivity index (χ1n) is 7.04. The van der Waals surface area contributed by atoms with E-state index in [1.54, 1.807) is 6.92 Å². The highest BCUT2D eigenvalue weighted by atomic mass is 19.4. The molecule has 1 heterocycles. The first-order valence-corrected chi connectivity index (χ1v) is 7.04. The van der Waals surface area contributed by atoms with Crippen molar-refractivity contribution in [2.75, 3.05) is 13.1 Å². The van der Waals surface area contributed by atoms with Crippen LogP contribution in [0.3, 0.4) is 0 Å². The standard InChI is InChI=1S/C15H21F3N2/c1-2-13(19)14(15(16,17)18)20-9-8-12(10-20)11-6-4-3-5-7-11/h3-7,12-14H,2,8-10,19H2,1H3. The Hall–Kier alpha value is -1.07. The molecule has 2 N–H and O–H groups in total. The van der Waals surface area contributed by atoms with E-state index in [0.717, 1.165) is 12.0 Å². The van der Waals surface area contributed by atoms with E-state index in [1.165, 1.54) is 4.90 Å². The quantitative estimate of drug-likeness (QED) is 0.921. The Morgan fingerprint density at radius 1 is 1.30 bits per heavy atom. The summed E-state index contributed by atoms with van der Waals surface area (Å²) >= 11 is 0. The van der Waals surface area contributed by atoms with Crippen LogP contribution in [0.2, 0.25) is 0 Å². The summed E-state index contributed by atoms with van der Waals surface area (Å²) in [6.45, 7) is 2.59. The molecule has 1 aliphatic rings. The van der Waals surface area contributed by atoms with E-state index in [2.05, 4.69) is 0 Å². The van der Waals surface area contributed by atoms with Crippen LogP contribution in [0.15, 0.2) is 30.3 Å². The van der Waals surface area contributed by atoms with E-state index in [-0.39, 0.29) is 5.92 Å². The lowest BCUT2D eigenvalue weighted by Crippen LogP contribution is -2.55. The third-order valence-electron chi connectivity index (χ3n) is 4.10. The van der Waals surface area contributed by atoms with E-state index < -0.39 is 18.3 Å². The molecule has 0 spiro atoms. The normalized spacial score (nSPS) is 23.8. The van der Waals surface area contributed by atoms with Gasteiger partial charge in [-0.3, -0.25) is 4.90 Å². The first-order chi connectivity index (χ1) is 9.43. The summed E-state index contributed by atoms with van der Waals surface area (Å²) in [5, 5.41) is 0. The van der Waals surface area contributed by atoms with Crippen LogP contribution in [0, 0.1) is 0 Å². The van der Waals surface area contributed by atoms with Gasteiger partial charge in [-0.15, -0.1) is 0 Å². The molecule has 0 radical (unpaired) electrons. The van der Waals surface area contributed by atoms with Crippen LogP contribution >= 0.6 is 0 Å². The highest BCUT2D eigenvalue weighted by Crippen LogP contribution is 2.34. The van der Waals surface area contributed by atoms with Gasteiger partial charge in [-0.05, 0) is 30.9 Å². The third-order valence-corrected chi connectivity index (χ3v) is 4.10. The zero-order valence-electron chi connectivity index (χ0n) is 11.6. The molecular weight excluding hydrogens is 265 g/mol. The number of alkyl halides is 3. The minimum Gasteiger partial charge on any atom is -0.326 e. The van der Waals surface area contributed by atoms with Crippen LogP contribution in [0.4, 0.5) is 13.2 Å². The highest BCUT2D eigenvalue weighted by Gasteiger charge is 2.48. The Bertz CT molecular complexity index is 419. The third kappa shape index (κ3) is 3.33. The predicted molar refractivity (Wildman–Crippen MR) is 73.5 cm³/mol. The number of nitrogens with zero attached hydrogens (tertiary/aromatic N) is 1. The molecular formula is C15H21F3N2. The van der Waals surface area contributed by atoms with Crippen molar-refractivity contribution in [2.24, 2.45) is 5.73 Å². The molecule has 20 heavy (non-hydrogen) atoms. The SMILES string of the molecule is CCC(N)C(N1CCC(c2ccccc2)C1)C(F)(F)F. The van der Waals surface area contributed by atoms with Gasteiger partial charge in [-0.2, -0.15) is 13.2 Å². The van der Waals surface area contributed by atoms with Gasteiger partial charge in [0.2, 0.25) is 0 Å². The summed E-state index contributed by atoms with van der Waals surface area (Å²) in [6, 6.07) is 7.36. The molecule has 1 saturated heterocycles. The molecule has 2 nitrogen and oxygen atoms in total. The summed E-state index contributed by atoms with van der Waals surface area (Å²) in [4.78, 5) is 1.51. The summed E-state index contributed by atoms with van der Waals surface area (Å²) in [5.74, 6) is 0.171. The van der Waals surface area contributed by atoms with Crippen molar-refractivity contribution < 1.29 is 13.2 Å². The Balaban J connectivity index is 2.10. The fourth-order valence-corrected chi connectivity index (χ4v) is 2.98. The molecule has 1 fully saturated rings. The maximum atomic E-state index is 13.2. The summed E-state index contributed by atoms with van der Waals surface area (Å²) in [5.41, 5.74) is 6.82. The summed E-state index contributed by atoms with van der Waals surface area (Å²) in [7, 11) is 0. The second kappa shape index (κ2) is 6.14. The van der Waals surface area contributed by atoms with Crippen molar-refractivity contribution in [1.82, 2.24) is 4.90 Å². The zero-order chi connectivity index (χ0) is 14.8. The summed E-state index contributed by atoms with van der Waals surface area (Å²) in [6.07, 6.45) is -3.18. The van der Waals surface area contributed by atoms with Crippen LogP contribution in [-0.2, 0) is 0 Å². The Morgan fingerprint density at radius 2 is 1.95 bits per heavy atom. The summed E-state index contributed by atoms with van der Waals surface area (Å²) < 4.78 is 39.7. The molecule has 3 atom stereocenters. The number of halogens is 3. The van der Waals surface area contributed by atoms with Crippen LogP contribution in [-0.4, -0.2) is 36.2 Å². The van der Waals surface area contributed by atoms with Gasteiger partial charge in [0.25, 0.3) is 0 Å². The molecule has 1 aromatic carbocycles. The largest absolute Gasteiger partial charge is 0.405 e. The van der Waals surface area contributed by atoms with Crippen molar-refractivity contribution in [3.63, 3.8) is 0 Å². The molecule has 0 aliphatic carbocycles. The van der Waals surface area contributed by atoms with E-state index in [9.17, 15) is 13.2 Å². The number of nitrogens with two attached hydrogens (primary N) is 1. The number of likely N-dealkylation sites (tertiary alicyclic amines) is 1. The van der Waals surface area contributed by atoms with Crippen LogP contribution in [0.5, 0.6) is 0 Å². The van der Waals surface area contributed by atoms with Crippen molar-refractivity contribution in [2.45, 2.75) is 43.9 Å². The number of benzene rings is 1. The lowest BCUT2D eigenvalue weighted by Gasteiger charge is -2.33. The van der Waals surface area contributed by atoms with E-state index in [1.807, 2.05) is 30.3 Å². The minimum atomic E-state index is -4.26. The first kappa shape index (κ1) is 15.3. The average molecular weight is 286 g/mol. The number of hydrogen-bond acceptors (Lipinski definition) is 2. The maximum Gasteiger partial charge on any atom is 0.405 e. The minimum absolute atomic E-state index is 0.171. The lowest BCUT2D eigenvalue weighted by atomic mass is 9.98. The lowest BCUT2D eigenvalue weighted by molar-refractivity contribution is -0.186. The zero-order valence-corrected chi connectivity index (χ0v) is 11.6. The monoisotopic (exact) mass is 286 g/mol. The van der Waals surface area contributed by atoms with Gasteiger partial charge in [-0.25, -0.2) is 0 Å². The van der Waals surface area contributed by atoms with Crippen molar-refractivity contribution in [3.8, 4) is 0 Å². The van der Waals surface area contributed by atoms with Gasteiger partial charge < -0.3 is 5.73 Å². The van der Waals surface area contributed by atoms with Gasteiger partial charge in [0, 0.05) is 12.6 Å². The average Bonchev–Trinajstić information content (AvgIpc) is 2.87. The Morgan fingerprint density at radius 3 is 2.50 bits per heavy atom. The predicted octanol–water partition coefficient (Wildman–Crippen LogP) is 3.14. The molecule has 5 heteroatoms. The molecule has 0 saturated carbocycles. The Kier molecular flexibility index (Phi) is 4.70. The fraction of sp³-hybridized carbons (Fsp3) is 0.600. The van der Waals surface area contributed by atoms with Crippen molar-refractivity contribution in [1.29, 1.82) is 0 Å². The van der Waals surface area contributed by atoms with Crippen LogP contribution < -0.4 is 5.73 Å². The molecule has 3 unspecified atom stereocenters. The van der Waals surface area contributed by atoms with E-state index in [4.69, 9.17) is 5.73 Å². The molecule has 1 aromatic rings. The van der Waals surface area contributed by atoms with Gasteiger partial charge in [0.1, 0.15) is 6.04 Å². The van der Waals surface area contributed by atoms with Gasteiger partial charge in [0.05, 0.1) is 0 Å². The molecule has 112 valence electrons. The van der Waals surface area contributed by atoms with Crippen LogP contribution in [0.1, 0.15) is 31.2 Å². The van der Waals surface area contributed by atoms with E-state index in [0.29, 0.717) is 19.5 Å².